The summed E-state index contributed by atoms with van der Waals surface area (Å²) in [5, 5.41) is 12.0. The number of hydrogen-bond acceptors (Lipinski definition) is 6. The lowest BCUT2D eigenvalue weighted by Gasteiger charge is -2.14. The molecule has 0 spiro atoms. The van der Waals surface area contributed by atoms with Gasteiger partial charge in [-0.05, 0) is 19.1 Å². The van der Waals surface area contributed by atoms with Crippen molar-refractivity contribution in [1.29, 1.82) is 0 Å². The van der Waals surface area contributed by atoms with Crippen LogP contribution in [0.25, 0.3) is 33.5 Å². The third-order valence-electron chi connectivity index (χ3n) is 5.09. The van der Waals surface area contributed by atoms with Gasteiger partial charge in [-0.1, -0.05) is 28.4 Å². The molecule has 3 aromatic heterocycles. The van der Waals surface area contributed by atoms with Gasteiger partial charge in [-0.2, -0.15) is 0 Å². The van der Waals surface area contributed by atoms with Gasteiger partial charge in [0, 0.05) is 12.1 Å². The summed E-state index contributed by atoms with van der Waals surface area (Å²) in [7, 11) is 0. The minimum atomic E-state index is -1.14. The van der Waals surface area contributed by atoms with E-state index in [-0.39, 0.29) is 34.8 Å². The van der Waals surface area contributed by atoms with Gasteiger partial charge in [-0.3, -0.25) is 9.36 Å². The minimum absolute atomic E-state index is 0.0239. The first-order valence-electron chi connectivity index (χ1n) is 9.28. The van der Waals surface area contributed by atoms with Crippen molar-refractivity contribution in [1.82, 2.24) is 29.3 Å². The van der Waals surface area contributed by atoms with Gasteiger partial charge >= 0.3 is 5.69 Å². The first kappa shape index (κ1) is 19.4. The van der Waals surface area contributed by atoms with Crippen LogP contribution in [0.3, 0.4) is 0 Å². The van der Waals surface area contributed by atoms with Crippen molar-refractivity contribution in [2.75, 3.05) is 0 Å². The normalized spacial score (nSPS) is 11.3. The molecule has 11 heteroatoms. The highest BCUT2D eigenvalue weighted by Crippen LogP contribution is 2.22. The van der Waals surface area contributed by atoms with Crippen molar-refractivity contribution < 1.29 is 13.3 Å². The minimum Gasteiger partial charge on any atom is -0.354 e. The van der Waals surface area contributed by atoms with Crippen LogP contribution in [0.4, 0.5) is 8.78 Å². The van der Waals surface area contributed by atoms with E-state index < -0.39 is 22.9 Å². The van der Waals surface area contributed by atoms with E-state index in [9.17, 15) is 18.4 Å². The van der Waals surface area contributed by atoms with Crippen LogP contribution in [0.15, 0.2) is 50.5 Å². The molecule has 0 saturated carbocycles. The van der Waals surface area contributed by atoms with E-state index in [0.29, 0.717) is 11.0 Å². The lowest BCUT2D eigenvalue weighted by molar-refractivity contribution is 0.449. The molecule has 0 aliphatic rings. The maximum absolute atomic E-state index is 13.9. The summed E-state index contributed by atoms with van der Waals surface area (Å²) in [6, 6.07) is 8.42. The number of rotatable bonds is 3. The summed E-state index contributed by atoms with van der Waals surface area (Å²) in [5.41, 5.74) is -1.09. The molecule has 0 aliphatic carbocycles. The number of aromatic nitrogens is 6. The molecule has 3 heterocycles. The number of para-hydroxylation sites is 1. The fourth-order valence-corrected chi connectivity index (χ4v) is 3.56. The van der Waals surface area contributed by atoms with Crippen LogP contribution in [-0.2, 0) is 6.54 Å². The van der Waals surface area contributed by atoms with E-state index in [1.807, 2.05) is 0 Å². The molecular formula is C21H12F2N6O3. The van der Waals surface area contributed by atoms with Gasteiger partial charge < -0.3 is 4.52 Å². The van der Waals surface area contributed by atoms with E-state index in [1.54, 1.807) is 24.3 Å². The van der Waals surface area contributed by atoms with E-state index in [1.165, 1.54) is 11.5 Å². The van der Waals surface area contributed by atoms with Gasteiger partial charge in [-0.15, -0.1) is 11.5 Å². The molecule has 0 N–H and O–H groups in total. The molecule has 0 fully saturated rings. The monoisotopic (exact) mass is 434 g/mol. The van der Waals surface area contributed by atoms with Crippen molar-refractivity contribution in [3.05, 3.63) is 74.6 Å². The smallest absolute Gasteiger partial charge is 0.338 e. The molecule has 0 saturated heterocycles. The maximum atomic E-state index is 13.9. The molecule has 5 rings (SSSR count). The molecule has 9 nitrogen and oxygen atoms in total. The molecule has 0 radical (unpaired) electrons. The quantitative estimate of drug-likeness (QED) is 0.403. The van der Waals surface area contributed by atoms with Gasteiger partial charge in [0.2, 0.25) is 0 Å². The molecule has 0 unspecified atom stereocenters. The van der Waals surface area contributed by atoms with Crippen LogP contribution in [0.2, 0.25) is 0 Å². The van der Waals surface area contributed by atoms with Crippen molar-refractivity contribution >= 4 is 22.0 Å². The zero-order valence-electron chi connectivity index (χ0n) is 16.4. The standard InChI is InChI=1S/C21H12F2N6O3/c1-3-8-27-11(2)18(29-16-10-14(23)13(22)9-15(16)24-26-29)20(30)28(21(27)31)19-12-6-4-5-7-17(12)32-25-19/h1,4-7,9-10H,8H2,2H3. The molecule has 0 aliphatic heterocycles. The second kappa shape index (κ2) is 6.98. The maximum Gasteiger partial charge on any atom is 0.338 e. The van der Waals surface area contributed by atoms with Crippen molar-refractivity contribution in [2.24, 2.45) is 0 Å². The van der Waals surface area contributed by atoms with E-state index >= 15 is 0 Å². The summed E-state index contributed by atoms with van der Waals surface area (Å²) < 4.78 is 35.8. The Balaban J connectivity index is 1.92. The number of terminal acetylenes is 1. The summed E-state index contributed by atoms with van der Waals surface area (Å²) in [6.45, 7) is 1.33. The Bertz CT molecular complexity index is 1700. The first-order valence-corrected chi connectivity index (χ1v) is 9.28. The topological polar surface area (TPSA) is 101 Å². The zero-order valence-corrected chi connectivity index (χ0v) is 16.4. The fraction of sp³-hybridized carbons (Fsp3) is 0.0952. The fourth-order valence-electron chi connectivity index (χ4n) is 3.56. The van der Waals surface area contributed by atoms with Crippen LogP contribution >= 0.6 is 0 Å². The van der Waals surface area contributed by atoms with Crippen LogP contribution in [0.1, 0.15) is 5.69 Å². The largest absolute Gasteiger partial charge is 0.354 e. The SMILES string of the molecule is C#CCn1c(C)c(-n2nnc3cc(F)c(F)cc32)c(=O)n(-c2noc3ccccc23)c1=O. The van der Waals surface area contributed by atoms with Gasteiger partial charge in [0.25, 0.3) is 5.56 Å². The van der Waals surface area contributed by atoms with Crippen molar-refractivity contribution in [2.45, 2.75) is 13.5 Å². The summed E-state index contributed by atoms with van der Waals surface area (Å²) >= 11 is 0. The molecule has 0 amide bonds. The van der Waals surface area contributed by atoms with Crippen molar-refractivity contribution in [3.63, 3.8) is 0 Å². The Hall–Kier alpha value is -4.59. The molecule has 0 bridgehead atoms. The number of fused-ring (bicyclic) bond motifs is 2. The Kier molecular flexibility index (Phi) is 4.23. The highest BCUT2D eigenvalue weighted by molar-refractivity contribution is 5.84. The zero-order chi connectivity index (χ0) is 22.6. The highest BCUT2D eigenvalue weighted by Gasteiger charge is 2.24. The van der Waals surface area contributed by atoms with E-state index in [4.69, 9.17) is 10.9 Å². The molecule has 158 valence electrons. The molecule has 2 aromatic carbocycles. The third kappa shape index (κ3) is 2.66. The summed E-state index contributed by atoms with van der Waals surface area (Å²) in [5.74, 6) is 0.0855. The summed E-state index contributed by atoms with van der Waals surface area (Å²) in [6.07, 6.45) is 5.43. The van der Waals surface area contributed by atoms with E-state index in [0.717, 1.165) is 21.4 Å². The Morgan fingerprint density at radius 3 is 2.69 bits per heavy atom. The highest BCUT2D eigenvalue weighted by atomic mass is 19.2. The number of hydrogen-bond donors (Lipinski definition) is 0. The number of halogens is 2. The van der Waals surface area contributed by atoms with Crippen LogP contribution in [0, 0.1) is 30.9 Å². The Labute approximate surface area is 177 Å². The molecule has 32 heavy (non-hydrogen) atoms. The van der Waals surface area contributed by atoms with Crippen LogP contribution in [-0.4, -0.2) is 29.3 Å². The Morgan fingerprint density at radius 1 is 1.16 bits per heavy atom. The lowest BCUT2D eigenvalue weighted by atomic mass is 10.2. The van der Waals surface area contributed by atoms with Gasteiger partial charge in [0.05, 0.1) is 23.1 Å². The molecular weight excluding hydrogens is 422 g/mol. The second-order valence-electron chi connectivity index (χ2n) is 6.91. The second-order valence-corrected chi connectivity index (χ2v) is 6.91. The van der Waals surface area contributed by atoms with E-state index in [2.05, 4.69) is 21.4 Å². The predicted molar refractivity (Wildman–Crippen MR) is 110 cm³/mol. The van der Waals surface area contributed by atoms with Crippen LogP contribution in [0.5, 0.6) is 0 Å². The number of nitrogens with zero attached hydrogens (tertiary/aromatic N) is 6. The number of benzene rings is 2. The van der Waals surface area contributed by atoms with Gasteiger partial charge in [-0.25, -0.2) is 22.8 Å². The molecule has 5 aromatic rings. The first-order chi connectivity index (χ1) is 15.4. The molecule has 0 atom stereocenters. The third-order valence-corrected chi connectivity index (χ3v) is 5.09. The lowest BCUT2D eigenvalue weighted by Crippen LogP contribution is -2.42. The average Bonchev–Trinajstić information content (AvgIpc) is 3.37. The van der Waals surface area contributed by atoms with Gasteiger partial charge in [0.1, 0.15) is 5.52 Å². The predicted octanol–water partition coefficient (Wildman–Crippen LogP) is 2.09. The van der Waals surface area contributed by atoms with Crippen LogP contribution < -0.4 is 11.2 Å². The average molecular weight is 434 g/mol. The van der Waals surface area contributed by atoms with Gasteiger partial charge in [0.15, 0.2) is 28.7 Å². The Morgan fingerprint density at radius 2 is 1.91 bits per heavy atom. The van der Waals surface area contributed by atoms with Crippen molar-refractivity contribution in [3.8, 4) is 23.8 Å². The summed E-state index contributed by atoms with van der Waals surface area (Å²) in [4.78, 5) is 26.8.